The summed E-state index contributed by atoms with van der Waals surface area (Å²) in [7, 11) is 0. The topological polar surface area (TPSA) is 54.7 Å². The van der Waals surface area contributed by atoms with Gasteiger partial charge in [-0.2, -0.15) is 0 Å². The molecule has 2 heterocycles. The fraction of sp³-hybridized carbons (Fsp3) is 0.167. The minimum atomic E-state index is -0.315. The first kappa shape index (κ1) is 14.6. The van der Waals surface area contributed by atoms with Crippen molar-refractivity contribution in [2.75, 3.05) is 23.4 Å². The standard InChI is InChI=1S/C18H15FN2O3/c19-13-1-6-17-12(9-13)10-16(24-17)11-20-14-2-4-15(5-3-14)21-7-8-23-18(21)22/h1-6,9-10,20H,7-8,11H2. The van der Waals surface area contributed by atoms with Crippen LogP contribution >= 0.6 is 0 Å². The van der Waals surface area contributed by atoms with E-state index in [1.807, 2.05) is 30.3 Å². The monoisotopic (exact) mass is 326 g/mol. The zero-order valence-electron chi connectivity index (χ0n) is 12.8. The van der Waals surface area contributed by atoms with Gasteiger partial charge in [-0.25, -0.2) is 9.18 Å². The SMILES string of the molecule is O=C1OCCN1c1ccc(NCc2cc3cc(F)ccc3o2)cc1. The minimum Gasteiger partial charge on any atom is -0.459 e. The minimum absolute atomic E-state index is 0.279. The van der Waals surface area contributed by atoms with Gasteiger partial charge in [0.15, 0.2) is 0 Å². The molecular weight excluding hydrogens is 311 g/mol. The van der Waals surface area contributed by atoms with Crippen molar-refractivity contribution in [2.24, 2.45) is 0 Å². The van der Waals surface area contributed by atoms with E-state index in [-0.39, 0.29) is 11.9 Å². The highest BCUT2D eigenvalue weighted by atomic mass is 19.1. The predicted octanol–water partition coefficient (Wildman–Crippen LogP) is 4.14. The molecule has 3 aromatic rings. The second kappa shape index (κ2) is 5.88. The summed E-state index contributed by atoms with van der Waals surface area (Å²) in [6, 6.07) is 13.8. The molecule has 0 bridgehead atoms. The maximum absolute atomic E-state index is 13.2. The molecule has 0 aliphatic carbocycles. The molecule has 0 saturated carbocycles. The van der Waals surface area contributed by atoms with Gasteiger partial charge >= 0.3 is 6.09 Å². The third-order valence-electron chi connectivity index (χ3n) is 3.94. The molecule has 0 radical (unpaired) electrons. The summed E-state index contributed by atoms with van der Waals surface area (Å²) >= 11 is 0. The van der Waals surface area contributed by atoms with Gasteiger partial charge in [-0.05, 0) is 48.5 Å². The lowest BCUT2D eigenvalue weighted by atomic mass is 10.2. The highest BCUT2D eigenvalue weighted by molar-refractivity contribution is 5.89. The van der Waals surface area contributed by atoms with Crippen molar-refractivity contribution >= 4 is 28.4 Å². The van der Waals surface area contributed by atoms with E-state index in [1.54, 1.807) is 11.0 Å². The van der Waals surface area contributed by atoms with Crippen molar-refractivity contribution in [3.8, 4) is 0 Å². The Morgan fingerprint density at radius 1 is 1.12 bits per heavy atom. The van der Waals surface area contributed by atoms with Crippen LogP contribution in [0.1, 0.15) is 5.76 Å². The number of hydrogen-bond donors (Lipinski definition) is 1. The zero-order chi connectivity index (χ0) is 16.5. The Kier molecular flexibility index (Phi) is 3.57. The normalized spacial score (nSPS) is 14.2. The van der Waals surface area contributed by atoms with Gasteiger partial charge in [0.05, 0.1) is 13.1 Å². The molecule has 0 unspecified atom stereocenters. The number of cyclic esters (lactones) is 1. The number of ether oxygens (including phenoxy) is 1. The molecule has 6 heteroatoms. The molecule has 1 aliphatic rings. The summed E-state index contributed by atoms with van der Waals surface area (Å²) in [4.78, 5) is 13.1. The average Bonchev–Trinajstić information content (AvgIpc) is 3.19. The molecule has 1 aromatic heterocycles. The fourth-order valence-corrected chi connectivity index (χ4v) is 2.73. The third kappa shape index (κ3) is 2.78. The molecule has 0 atom stereocenters. The lowest BCUT2D eigenvalue weighted by Gasteiger charge is -2.13. The van der Waals surface area contributed by atoms with Crippen LogP contribution in [0.5, 0.6) is 0 Å². The molecule has 1 saturated heterocycles. The maximum Gasteiger partial charge on any atom is 0.414 e. The van der Waals surface area contributed by atoms with Crippen LogP contribution in [0.4, 0.5) is 20.6 Å². The van der Waals surface area contributed by atoms with Crippen molar-refractivity contribution in [1.82, 2.24) is 0 Å². The average molecular weight is 326 g/mol. The van der Waals surface area contributed by atoms with Gasteiger partial charge in [-0.3, -0.25) is 4.90 Å². The second-order valence-electron chi connectivity index (χ2n) is 5.56. The van der Waals surface area contributed by atoms with Crippen molar-refractivity contribution in [1.29, 1.82) is 0 Å². The maximum atomic E-state index is 13.2. The van der Waals surface area contributed by atoms with E-state index in [2.05, 4.69) is 5.32 Å². The Balaban J connectivity index is 1.44. The van der Waals surface area contributed by atoms with Gasteiger partial charge in [0.25, 0.3) is 0 Å². The molecule has 2 aromatic carbocycles. The number of carbonyl (C=O) groups excluding carboxylic acids is 1. The number of furan rings is 1. The van der Waals surface area contributed by atoms with E-state index in [0.717, 1.165) is 22.5 Å². The van der Waals surface area contributed by atoms with Gasteiger partial charge < -0.3 is 14.5 Å². The Morgan fingerprint density at radius 3 is 2.71 bits per heavy atom. The molecule has 4 rings (SSSR count). The third-order valence-corrected chi connectivity index (χ3v) is 3.94. The fourth-order valence-electron chi connectivity index (χ4n) is 2.73. The summed E-state index contributed by atoms with van der Waals surface area (Å²) < 4.78 is 23.8. The van der Waals surface area contributed by atoms with E-state index in [0.29, 0.717) is 25.3 Å². The summed E-state index contributed by atoms with van der Waals surface area (Å²) in [5.74, 6) is 0.446. The van der Waals surface area contributed by atoms with E-state index < -0.39 is 0 Å². The number of fused-ring (bicyclic) bond motifs is 1. The Hall–Kier alpha value is -3.02. The van der Waals surface area contributed by atoms with Crippen LogP contribution in [0.3, 0.4) is 0 Å². The number of nitrogens with zero attached hydrogens (tertiary/aromatic N) is 1. The van der Waals surface area contributed by atoms with E-state index >= 15 is 0 Å². The van der Waals surface area contributed by atoms with Crippen LogP contribution in [-0.4, -0.2) is 19.2 Å². The van der Waals surface area contributed by atoms with Crippen LogP contribution in [0.15, 0.2) is 52.9 Å². The van der Waals surface area contributed by atoms with Crippen molar-refractivity contribution in [3.63, 3.8) is 0 Å². The number of hydrogen-bond acceptors (Lipinski definition) is 4. The molecule has 0 spiro atoms. The van der Waals surface area contributed by atoms with Crippen LogP contribution in [0, 0.1) is 5.82 Å². The van der Waals surface area contributed by atoms with Crippen LogP contribution in [0.25, 0.3) is 11.0 Å². The molecule has 122 valence electrons. The smallest absolute Gasteiger partial charge is 0.414 e. The van der Waals surface area contributed by atoms with Gasteiger partial charge in [0, 0.05) is 16.8 Å². The first-order chi connectivity index (χ1) is 11.7. The predicted molar refractivity (Wildman–Crippen MR) is 88.6 cm³/mol. The first-order valence-electron chi connectivity index (χ1n) is 7.65. The Labute approximate surface area is 137 Å². The Bertz CT molecular complexity index is 889. The van der Waals surface area contributed by atoms with Gasteiger partial charge in [0.1, 0.15) is 23.8 Å². The number of rotatable bonds is 4. The summed E-state index contributed by atoms with van der Waals surface area (Å²) in [5, 5.41) is 3.99. The lowest BCUT2D eigenvalue weighted by molar-refractivity contribution is 0.181. The van der Waals surface area contributed by atoms with Gasteiger partial charge in [-0.15, -0.1) is 0 Å². The van der Waals surface area contributed by atoms with Crippen LogP contribution in [0.2, 0.25) is 0 Å². The number of nitrogens with one attached hydrogen (secondary N) is 1. The number of anilines is 2. The number of amides is 1. The summed E-state index contributed by atoms with van der Waals surface area (Å²) in [5.41, 5.74) is 2.37. The molecule has 1 fully saturated rings. The lowest BCUT2D eigenvalue weighted by Crippen LogP contribution is -2.23. The molecule has 1 aliphatic heterocycles. The molecule has 1 amide bonds. The van der Waals surface area contributed by atoms with Gasteiger partial charge in [-0.1, -0.05) is 0 Å². The van der Waals surface area contributed by atoms with Crippen molar-refractivity contribution in [3.05, 3.63) is 60.1 Å². The highest BCUT2D eigenvalue weighted by Gasteiger charge is 2.23. The molecule has 24 heavy (non-hydrogen) atoms. The molecular formula is C18H15FN2O3. The summed E-state index contributed by atoms with van der Waals surface area (Å²) in [6.45, 7) is 1.48. The number of carbonyl (C=O) groups is 1. The van der Waals surface area contributed by atoms with Crippen LogP contribution in [-0.2, 0) is 11.3 Å². The first-order valence-corrected chi connectivity index (χ1v) is 7.65. The second-order valence-corrected chi connectivity index (χ2v) is 5.56. The van der Waals surface area contributed by atoms with Crippen molar-refractivity contribution < 1.29 is 18.3 Å². The van der Waals surface area contributed by atoms with Crippen LogP contribution < -0.4 is 10.2 Å². The van der Waals surface area contributed by atoms with E-state index in [1.165, 1.54) is 12.1 Å². The largest absolute Gasteiger partial charge is 0.459 e. The quantitative estimate of drug-likeness (QED) is 0.783. The number of benzene rings is 2. The summed E-state index contributed by atoms with van der Waals surface area (Å²) in [6.07, 6.45) is -0.315. The van der Waals surface area contributed by atoms with E-state index in [9.17, 15) is 9.18 Å². The zero-order valence-corrected chi connectivity index (χ0v) is 12.8. The number of halogens is 1. The van der Waals surface area contributed by atoms with Crippen molar-refractivity contribution in [2.45, 2.75) is 6.54 Å². The molecule has 1 N–H and O–H groups in total. The molecule has 5 nitrogen and oxygen atoms in total. The highest BCUT2D eigenvalue weighted by Crippen LogP contribution is 2.23. The van der Waals surface area contributed by atoms with E-state index in [4.69, 9.17) is 9.15 Å². The van der Waals surface area contributed by atoms with Gasteiger partial charge in [0.2, 0.25) is 0 Å². The Morgan fingerprint density at radius 2 is 1.96 bits per heavy atom.